The van der Waals surface area contributed by atoms with Gasteiger partial charge in [0.15, 0.2) is 0 Å². The van der Waals surface area contributed by atoms with Gasteiger partial charge in [0.05, 0.1) is 24.2 Å². The van der Waals surface area contributed by atoms with Crippen molar-refractivity contribution < 1.29 is 19.4 Å². The van der Waals surface area contributed by atoms with Crippen LogP contribution in [-0.4, -0.2) is 58.2 Å². The van der Waals surface area contributed by atoms with E-state index in [1.807, 2.05) is 18.2 Å². The summed E-state index contributed by atoms with van der Waals surface area (Å²) >= 11 is 0. The van der Waals surface area contributed by atoms with Crippen molar-refractivity contribution in [2.75, 3.05) is 19.7 Å². The van der Waals surface area contributed by atoms with Gasteiger partial charge in [0.25, 0.3) is 0 Å². The summed E-state index contributed by atoms with van der Waals surface area (Å²) in [6.45, 7) is 2.70. The Morgan fingerprint density at radius 1 is 1.13 bits per heavy atom. The summed E-state index contributed by atoms with van der Waals surface area (Å²) in [5.41, 5.74) is 0.414. The van der Waals surface area contributed by atoms with Crippen LogP contribution in [0.2, 0.25) is 0 Å². The summed E-state index contributed by atoms with van der Waals surface area (Å²) in [7, 11) is 0. The Bertz CT molecular complexity index is 873. The Labute approximate surface area is 183 Å². The molecular formula is C25H32N2O4. The molecule has 4 aliphatic carbocycles. The predicted molar refractivity (Wildman–Crippen MR) is 114 cm³/mol. The second kappa shape index (κ2) is 6.96. The summed E-state index contributed by atoms with van der Waals surface area (Å²) in [6, 6.07) is 10.6. The van der Waals surface area contributed by atoms with Crippen LogP contribution < -0.4 is 0 Å². The minimum atomic E-state index is -0.607. The second-order valence-electron chi connectivity index (χ2n) is 10.9. The fourth-order valence-electron chi connectivity index (χ4n) is 8.07. The van der Waals surface area contributed by atoms with Gasteiger partial charge in [-0.2, -0.15) is 0 Å². The predicted octanol–water partition coefficient (Wildman–Crippen LogP) is 3.75. The minimum Gasteiger partial charge on any atom is -0.481 e. The van der Waals surface area contributed by atoms with Gasteiger partial charge in [-0.15, -0.1) is 0 Å². The van der Waals surface area contributed by atoms with Gasteiger partial charge in [-0.3, -0.25) is 4.79 Å². The molecule has 2 saturated heterocycles. The molecule has 2 heterocycles. The molecule has 6 nitrogen and oxygen atoms in total. The Hall–Kier alpha value is -2.08. The summed E-state index contributed by atoms with van der Waals surface area (Å²) < 4.78 is 6.16. The Kier molecular flexibility index (Phi) is 4.40. The first kappa shape index (κ1) is 19.6. The zero-order valence-corrected chi connectivity index (χ0v) is 18.0. The maximum atomic E-state index is 13.5. The molecule has 1 aromatic rings. The van der Waals surface area contributed by atoms with Gasteiger partial charge in [-0.1, -0.05) is 30.3 Å². The summed E-state index contributed by atoms with van der Waals surface area (Å²) in [5.74, 6) is 0.609. The summed E-state index contributed by atoms with van der Waals surface area (Å²) in [6.07, 6.45) is 6.57. The molecule has 0 radical (unpaired) electrons. The lowest BCUT2D eigenvalue weighted by molar-refractivity contribution is -0.170. The lowest BCUT2D eigenvalue weighted by Gasteiger charge is -2.60. The second-order valence-corrected chi connectivity index (χ2v) is 10.9. The van der Waals surface area contributed by atoms with E-state index in [0.717, 1.165) is 63.6 Å². The molecule has 6 aliphatic rings. The highest BCUT2D eigenvalue weighted by molar-refractivity contribution is 5.80. The largest absolute Gasteiger partial charge is 0.481 e. The van der Waals surface area contributed by atoms with Gasteiger partial charge in [-0.05, 0) is 68.3 Å². The van der Waals surface area contributed by atoms with Crippen molar-refractivity contribution in [1.29, 1.82) is 0 Å². The maximum Gasteiger partial charge on any atom is 0.320 e. The molecule has 7 rings (SSSR count). The van der Waals surface area contributed by atoms with Crippen LogP contribution in [0.5, 0.6) is 0 Å². The third-order valence-corrected chi connectivity index (χ3v) is 9.06. The molecule has 2 aliphatic heterocycles. The number of rotatable bonds is 6. The first-order valence-corrected chi connectivity index (χ1v) is 11.9. The number of amides is 2. The van der Waals surface area contributed by atoms with Crippen LogP contribution in [0.15, 0.2) is 30.3 Å². The smallest absolute Gasteiger partial charge is 0.320 e. The van der Waals surface area contributed by atoms with E-state index >= 15 is 0 Å². The van der Waals surface area contributed by atoms with E-state index in [2.05, 4.69) is 21.9 Å². The molecule has 1 aromatic carbocycles. The number of aliphatic carboxylic acids is 1. The van der Waals surface area contributed by atoms with Crippen molar-refractivity contribution in [3.63, 3.8) is 0 Å². The topological polar surface area (TPSA) is 70.1 Å². The first-order valence-electron chi connectivity index (χ1n) is 11.9. The van der Waals surface area contributed by atoms with Crippen molar-refractivity contribution in [2.45, 2.75) is 63.1 Å². The van der Waals surface area contributed by atoms with E-state index in [4.69, 9.17) is 4.74 Å². The molecule has 3 unspecified atom stereocenters. The van der Waals surface area contributed by atoms with Crippen LogP contribution in [0.25, 0.3) is 0 Å². The molecule has 2 amide bonds. The van der Waals surface area contributed by atoms with E-state index in [9.17, 15) is 14.7 Å². The normalized spacial score (nSPS) is 40.6. The molecular weight excluding hydrogens is 392 g/mol. The Morgan fingerprint density at radius 2 is 1.87 bits per heavy atom. The van der Waals surface area contributed by atoms with Crippen LogP contribution in [0.1, 0.15) is 50.5 Å². The number of nitrogens with zero attached hydrogens (tertiary/aromatic N) is 2. The highest BCUT2D eigenvalue weighted by Crippen LogP contribution is 2.62. The quantitative estimate of drug-likeness (QED) is 0.755. The molecule has 3 atom stereocenters. The molecule has 0 aromatic heterocycles. The molecule has 4 saturated carbocycles. The zero-order chi connectivity index (χ0) is 21.2. The van der Waals surface area contributed by atoms with E-state index < -0.39 is 11.4 Å². The van der Waals surface area contributed by atoms with Crippen LogP contribution in [0.4, 0.5) is 4.79 Å². The molecule has 4 bridgehead atoms. The van der Waals surface area contributed by atoms with Crippen LogP contribution >= 0.6 is 0 Å². The molecule has 6 fully saturated rings. The monoisotopic (exact) mass is 424 g/mol. The van der Waals surface area contributed by atoms with Crippen molar-refractivity contribution >= 4 is 12.0 Å². The molecule has 31 heavy (non-hydrogen) atoms. The van der Waals surface area contributed by atoms with E-state index in [-0.39, 0.29) is 17.6 Å². The number of carbonyl (C=O) groups excluding carboxylic acids is 1. The Morgan fingerprint density at radius 3 is 2.58 bits per heavy atom. The lowest BCUT2D eigenvalue weighted by Crippen LogP contribution is -2.61. The molecule has 6 heteroatoms. The van der Waals surface area contributed by atoms with Crippen LogP contribution in [0, 0.1) is 23.2 Å². The summed E-state index contributed by atoms with van der Waals surface area (Å²) in [4.78, 5) is 29.9. The standard InChI is InChI=1S/C25H32N2O4/c28-22(29)24-11-18-9-19(12-24)21(20(10-18)13-24)26-15-25(7-4-8-27(25)23(26)30)16-31-14-17-5-2-1-3-6-17/h1-3,5-6,18-21H,4,7-16H2,(H,28,29). The highest BCUT2D eigenvalue weighted by Gasteiger charge is 2.63. The highest BCUT2D eigenvalue weighted by atomic mass is 16.5. The third kappa shape index (κ3) is 2.94. The Balaban J connectivity index is 1.20. The zero-order valence-electron chi connectivity index (χ0n) is 18.0. The number of hydrogen-bond acceptors (Lipinski definition) is 3. The number of hydrogen-bond donors (Lipinski definition) is 1. The van der Waals surface area contributed by atoms with Gasteiger partial charge in [0.2, 0.25) is 0 Å². The average Bonchev–Trinajstić information content (AvgIpc) is 3.26. The number of urea groups is 1. The third-order valence-electron chi connectivity index (χ3n) is 9.06. The van der Waals surface area contributed by atoms with Crippen molar-refractivity contribution in [2.24, 2.45) is 23.2 Å². The van der Waals surface area contributed by atoms with Crippen LogP contribution in [-0.2, 0) is 16.1 Å². The minimum absolute atomic E-state index is 0.169. The average molecular weight is 425 g/mol. The number of ether oxygens (including phenoxy) is 1. The van der Waals surface area contributed by atoms with Gasteiger partial charge in [0, 0.05) is 19.1 Å². The number of carbonyl (C=O) groups is 2. The van der Waals surface area contributed by atoms with Gasteiger partial charge >= 0.3 is 12.0 Å². The molecule has 166 valence electrons. The lowest BCUT2D eigenvalue weighted by atomic mass is 9.47. The first-order chi connectivity index (χ1) is 15.0. The fraction of sp³-hybridized carbons (Fsp3) is 0.680. The molecule has 1 N–H and O–H groups in total. The molecule has 0 spiro atoms. The van der Waals surface area contributed by atoms with Gasteiger partial charge < -0.3 is 19.6 Å². The van der Waals surface area contributed by atoms with Gasteiger partial charge in [-0.25, -0.2) is 4.79 Å². The SMILES string of the molecule is O=C1N(C2C3CC4CC2CC(C(=O)O)(C4)C3)CC2(COCc3ccccc3)CCCN12. The van der Waals surface area contributed by atoms with Crippen molar-refractivity contribution in [3.05, 3.63) is 35.9 Å². The van der Waals surface area contributed by atoms with E-state index in [1.54, 1.807) is 0 Å². The number of carboxylic acid groups (broad SMARTS) is 1. The van der Waals surface area contributed by atoms with Gasteiger partial charge in [0.1, 0.15) is 0 Å². The van der Waals surface area contributed by atoms with Crippen LogP contribution in [0.3, 0.4) is 0 Å². The number of carboxylic acids is 1. The summed E-state index contributed by atoms with van der Waals surface area (Å²) in [5, 5.41) is 9.94. The number of benzene rings is 1. The maximum absolute atomic E-state index is 13.5. The fourth-order valence-corrected chi connectivity index (χ4v) is 8.07. The van der Waals surface area contributed by atoms with E-state index in [0.29, 0.717) is 31.0 Å². The van der Waals surface area contributed by atoms with E-state index in [1.165, 1.54) is 0 Å². The number of fused-ring (bicyclic) bond motifs is 1. The van der Waals surface area contributed by atoms with Crippen molar-refractivity contribution in [1.82, 2.24) is 9.80 Å². The van der Waals surface area contributed by atoms with Crippen molar-refractivity contribution in [3.8, 4) is 0 Å².